The number of aliphatic hydroxyl groups excluding tert-OH is 1. The minimum absolute atomic E-state index is 0.517. The zero-order valence-corrected chi connectivity index (χ0v) is 14.9. The van der Waals surface area contributed by atoms with Gasteiger partial charge in [0.2, 0.25) is 0 Å². The van der Waals surface area contributed by atoms with E-state index in [4.69, 9.17) is 0 Å². The van der Waals surface area contributed by atoms with Crippen LogP contribution in [0.4, 0.5) is 0 Å². The Morgan fingerprint density at radius 2 is 1.70 bits per heavy atom. The number of hydrogen-bond acceptors (Lipinski definition) is 2. The van der Waals surface area contributed by atoms with Gasteiger partial charge in [-0.05, 0) is 37.3 Å². The van der Waals surface area contributed by atoms with Crippen LogP contribution in [-0.4, -0.2) is 21.9 Å². The van der Waals surface area contributed by atoms with Crippen molar-refractivity contribution in [1.82, 2.24) is 0 Å². The Kier molecular flexibility index (Phi) is 9.20. The van der Waals surface area contributed by atoms with Crippen LogP contribution in [-0.2, 0) is 6.42 Å². The van der Waals surface area contributed by atoms with E-state index in [1.807, 2.05) is 25.1 Å². The van der Waals surface area contributed by atoms with Crippen molar-refractivity contribution >= 4 is 0 Å². The normalized spacial score (nSPS) is 15.1. The van der Waals surface area contributed by atoms with Gasteiger partial charge in [0, 0.05) is 0 Å². The molecule has 2 N–H and O–H groups in total. The number of hydrogen-bond donors (Lipinski definition) is 2. The van der Waals surface area contributed by atoms with E-state index in [2.05, 4.69) is 25.6 Å². The molecular weight excluding hydrogens is 284 g/mol. The fraction of sp³-hybridized carbons (Fsp3) is 0.619. The monoisotopic (exact) mass is 318 g/mol. The molecule has 2 nitrogen and oxygen atoms in total. The highest BCUT2D eigenvalue weighted by atomic mass is 16.3. The molecule has 0 fully saturated rings. The third kappa shape index (κ3) is 6.88. The number of aryl methyl sites for hydroxylation is 1. The van der Waals surface area contributed by atoms with E-state index in [0.717, 1.165) is 19.3 Å². The molecule has 0 bridgehead atoms. The summed E-state index contributed by atoms with van der Waals surface area (Å²) < 4.78 is 0. The van der Waals surface area contributed by atoms with E-state index in [-0.39, 0.29) is 0 Å². The molecule has 2 atom stereocenters. The average Bonchev–Trinajstić information content (AvgIpc) is 2.56. The van der Waals surface area contributed by atoms with Crippen molar-refractivity contribution in [3.63, 3.8) is 0 Å². The van der Waals surface area contributed by atoms with Crippen molar-refractivity contribution in [3.05, 3.63) is 48.0 Å². The summed E-state index contributed by atoms with van der Waals surface area (Å²) in [6.45, 7) is 7.95. The van der Waals surface area contributed by atoms with Crippen molar-refractivity contribution in [2.24, 2.45) is 0 Å². The molecule has 0 amide bonds. The molecule has 0 unspecified atom stereocenters. The van der Waals surface area contributed by atoms with Gasteiger partial charge in [-0.25, -0.2) is 0 Å². The van der Waals surface area contributed by atoms with E-state index >= 15 is 0 Å². The largest absolute Gasteiger partial charge is 0.390 e. The molecule has 130 valence electrons. The zero-order valence-electron chi connectivity index (χ0n) is 14.9. The molecule has 0 aliphatic heterocycles. The summed E-state index contributed by atoms with van der Waals surface area (Å²) >= 11 is 0. The van der Waals surface area contributed by atoms with Crippen LogP contribution in [0.1, 0.15) is 70.8 Å². The van der Waals surface area contributed by atoms with Crippen molar-refractivity contribution in [2.75, 3.05) is 0 Å². The number of rotatable bonds is 12. The molecule has 23 heavy (non-hydrogen) atoms. The minimum Gasteiger partial charge on any atom is -0.390 e. The number of aliphatic hydroxyl groups is 2. The lowest BCUT2D eigenvalue weighted by atomic mass is 9.82. The molecule has 0 spiro atoms. The van der Waals surface area contributed by atoms with Crippen molar-refractivity contribution in [1.29, 1.82) is 0 Å². The lowest BCUT2D eigenvalue weighted by Gasteiger charge is -2.34. The van der Waals surface area contributed by atoms with Crippen LogP contribution in [0.5, 0.6) is 0 Å². The van der Waals surface area contributed by atoms with Crippen molar-refractivity contribution in [2.45, 2.75) is 83.3 Å². The third-order valence-corrected chi connectivity index (χ3v) is 4.76. The number of benzene rings is 1. The first-order chi connectivity index (χ1) is 11.0. The Hall–Kier alpha value is -1.12. The molecule has 2 heteroatoms. The van der Waals surface area contributed by atoms with Crippen LogP contribution >= 0.6 is 0 Å². The van der Waals surface area contributed by atoms with E-state index < -0.39 is 11.7 Å². The summed E-state index contributed by atoms with van der Waals surface area (Å²) in [6.07, 6.45) is 8.29. The van der Waals surface area contributed by atoms with E-state index in [9.17, 15) is 10.2 Å². The molecule has 0 radical (unpaired) electrons. The lowest BCUT2D eigenvalue weighted by Crippen LogP contribution is -2.43. The second-order valence-electron chi connectivity index (χ2n) is 6.76. The van der Waals surface area contributed by atoms with Gasteiger partial charge in [-0.3, -0.25) is 0 Å². The van der Waals surface area contributed by atoms with Crippen LogP contribution in [0.25, 0.3) is 0 Å². The molecule has 1 aromatic carbocycles. The first kappa shape index (κ1) is 19.9. The first-order valence-electron chi connectivity index (χ1n) is 9.11. The molecule has 0 heterocycles. The predicted molar refractivity (Wildman–Crippen MR) is 98.5 cm³/mol. The van der Waals surface area contributed by atoms with Crippen LogP contribution < -0.4 is 0 Å². The SMILES string of the molecule is C=C(C)[C@](O)(CCc1ccccc1)[C@H](O)CCCCCCCC. The van der Waals surface area contributed by atoms with Gasteiger partial charge in [0.1, 0.15) is 5.60 Å². The van der Waals surface area contributed by atoms with Gasteiger partial charge >= 0.3 is 0 Å². The van der Waals surface area contributed by atoms with Crippen LogP contribution in [0, 0.1) is 0 Å². The third-order valence-electron chi connectivity index (χ3n) is 4.76. The predicted octanol–water partition coefficient (Wildman–Crippen LogP) is 5.04. The average molecular weight is 319 g/mol. The summed E-state index contributed by atoms with van der Waals surface area (Å²) in [5.74, 6) is 0. The van der Waals surface area contributed by atoms with Gasteiger partial charge in [0.25, 0.3) is 0 Å². The molecule has 1 rings (SSSR count). The first-order valence-corrected chi connectivity index (χ1v) is 9.11. The van der Waals surface area contributed by atoms with E-state index in [1.54, 1.807) is 0 Å². The Morgan fingerprint density at radius 3 is 2.30 bits per heavy atom. The van der Waals surface area contributed by atoms with Gasteiger partial charge in [-0.1, -0.05) is 82.4 Å². The summed E-state index contributed by atoms with van der Waals surface area (Å²) in [5.41, 5.74) is 0.657. The molecule has 1 aromatic rings. The Balaban J connectivity index is 2.46. The standard InChI is InChI=1S/C21H34O2/c1-4-5-6-7-8-12-15-20(22)21(23,18(2)3)17-16-19-13-10-9-11-14-19/h9-11,13-14,20,22-23H,2,4-8,12,15-17H2,1,3H3/t20-,21-/m1/s1. The maximum atomic E-state index is 10.9. The molecule has 0 aromatic heterocycles. The zero-order chi connectivity index (χ0) is 17.1. The fourth-order valence-corrected chi connectivity index (χ4v) is 3.00. The maximum Gasteiger partial charge on any atom is 0.111 e. The fourth-order valence-electron chi connectivity index (χ4n) is 3.00. The van der Waals surface area contributed by atoms with Gasteiger partial charge in [-0.15, -0.1) is 0 Å². The van der Waals surface area contributed by atoms with Gasteiger partial charge in [-0.2, -0.15) is 0 Å². The second kappa shape index (κ2) is 10.6. The van der Waals surface area contributed by atoms with Crippen LogP contribution in [0.3, 0.4) is 0 Å². The molecule has 0 aliphatic carbocycles. The maximum absolute atomic E-state index is 10.9. The molecule has 0 saturated heterocycles. The van der Waals surface area contributed by atoms with E-state index in [0.29, 0.717) is 18.4 Å². The highest BCUT2D eigenvalue weighted by Crippen LogP contribution is 2.29. The highest BCUT2D eigenvalue weighted by molar-refractivity contribution is 5.18. The van der Waals surface area contributed by atoms with Crippen molar-refractivity contribution < 1.29 is 10.2 Å². The minimum atomic E-state index is -1.18. The highest BCUT2D eigenvalue weighted by Gasteiger charge is 2.35. The van der Waals surface area contributed by atoms with Gasteiger partial charge in [0.05, 0.1) is 6.10 Å². The van der Waals surface area contributed by atoms with Crippen LogP contribution in [0.2, 0.25) is 0 Å². The lowest BCUT2D eigenvalue weighted by molar-refractivity contribution is -0.0569. The summed E-state index contributed by atoms with van der Waals surface area (Å²) in [6, 6.07) is 10.1. The number of unbranched alkanes of at least 4 members (excludes halogenated alkanes) is 5. The topological polar surface area (TPSA) is 40.5 Å². The van der Waals surface area contributed by atoms with Gasteiger partial charge < -0.3 is 10.2 Å². The Labute approximate surface area is 142 Å². The van der Waals surface area contributed by atoms with Crippen molar-refractivity contribution in [3.8, 4) is 0 Å². The Bertz CT molecular complexity index is 440. The van der Waals surface area contributed by atoms with Gasteiger partial charge in [0.15, 0.2) is 0 Å². The van der Waals surface area contributed by atoms with E-state index in [1.165, 1.54) is 31.2 Å². The summed E-state index contributed by atoms with van der Waals surface area (Å²) in [5, 5.41) is 21.4. The smallest absolute Gasteiger partial charge is 0.111 e. The summed E-state index contributed by atoms with van der Waals surface area (Å²) in [7, 11) is 0. The summed E-state index contributed by atoms with van der Waals surface area (Å²) in [4.78, 5) is 0. The molecule has 0 aliphatic rings. The second-order valence-corrected chi connectivity index (χ2v) is 6.76. The molecular formula is C21H34O2. The molecule has 0 saturated carbocycles. The quantitative estimate of drug-likeness (QED) is 0.419. The van der Waals surface area contributed by atoms with Crippen LogP contribution in [0.15, 0.2) is 42.5 Å². The Morgan fingerprint density at radius 1 is 1.09 bits per heavy atom.